The fourth-order valence-electron chi connectivity index (χ4n) is 3.69. The predicted octanol–water partition coefficient (Wildman–Crippen LogP) is 3.25. The quantitative estimate of drug-likeness (QED) is 0.505. The number of benzene rings is 2. The molecule has 1 aliphatic rings. The van der Waals surface area contributed by atoms with E-state index in [0.29, 0.717) is 0 Å². The van der Waals surface area contributed by atoms with Gasteiger partial charge >= 0.3 is 0 Å². The lowest BCUT2D eigenvalue weighted by molar-refractivity contribution is 0.503. The first kappa shape index (κ1) is 15.0. The molecule has 1 unspecified atom stereocenters. The molecule has 0 fully saturated rings. The number of rotatable bonds is 3. The molecule has 26 heavy (non-hydrogen) atoms. The fourth-order valence-corrected chi connectivity index (χ4v) is 3.69. The summed E-state index contributed by atoms with van der Waals surface area (Å²) in [5.74, 6) is 0.853. The van der Waals surface area contributed by atoms with Crippen LogP contribution in [0.4, 0.5) is 0 Å². The van der Waals surface area contributed by atoms with Crippen molar-refractivity contribution in [3.05, 3.63) is 71.9 Å². The molecule has 1 aliphatic carbocycles. The van der Waals surface area contributed by atoms with E-state index in [1.165, 1.54) is 22.3 Å². The van der Waals surface area contributed by atoms with Crippen molar-refractivity contribution in [3.8, 4) is 22.4 Å². The van der Waals surface area contributed by atoms with Gasteiger partial charge in [0.05, 0.1) is 6.20 Å². The smallest absolute Gasteiger partial charge is 0.157 e. The summed E-state index contributed by atoms with van der Waals surface area (Å²) in [5, 5.41) is 16.8. The van der Waals surface area contributed by atoms with Crippen LogP contribution in [0.5, 0.6) is 0 Å². The number of aromatic nitrogens is 6. The van der Waals surface area contributed by atoms with Crippen LogP contribution in [0.2, 0.25) is 0 Å². The molecule has 0 amide bonds. The molecule has 6 heteroatoms. The minimum atomic E-state index is -0.0255. The maximum atomic E-state index is 4.38. The van der Waals surface area contributed by atoms with Crippen LogP contribution in [-0.4, -0.2) is 29.8 Å². The number of hydrogen-bond donors (Lipinski definition) is 0. The van der Waals surface area contributed by atoms with Crippen LogP contribution in [0.3, 0.4) is 0 Å². The van der Waals surface area contributed by atoms with E-state index in [-0.39, 0.29) is 6.04 Å². The van der Waals surface area contributed by atoms with Gasteiger partial charge in [-0.25, -0.2) is 4.68 Å². The molecular formula is C20H18N6. The summed E-state index contributed by atoms with van der Waals surface area (Å²) in [6.07, 6.45) is 4.65. The van der Waals surface area contributed by atoms with Crippen LogP contribution >= 0.6 is 0 Å². The van der Waals surface area contributed by atoms with Gasteiger partial charge in [-0.15, -0.1) is 15.3 Å². The highest BCUT2D eigenvalue weighted by atomic mass is 15.4. The molecule has 1 atom stereocenters. The Hall–Kier alpha value is -3.28. The number of aryl methyl sites for hydroxylation is 1. The normalized spacial score (nSPS) is 13.5. The van der Waals surface area contributed by atoms with E-state index in [0.717, 1.165) is 23.5 Å². The second-order valence-electron chi connectivity index (χ2n) is 6.77. The van der Waals surface area contributed by atoms with Gasteiger partial charge in [0.15, 0.2) is 5.82 Å². The number of hydrogen-bond acceptors (Lipinski definition) is 4. The zero-order valence-electron chi connectivity index (χ0n) is 14.7. The third-order valence-corrected chi connectivity index (χ3v) is 5.12. The maximum absolute atomic E-state index is 4.38. The molecule has 2 aromatic heterocycles. The van der Waals surface area contributed by atoms with Crippen molar-refractivity contribution < 1.29 is 0 Å². The number of fused-ring (bicyclic) bond motifs is 3. The number of nitrogens with zero attached hydrogens (tertiary/aromatic N) is 6. The third kappa shape index (κ3) is 2.26. The fraction of sp³-hybridized carbons (Fsp3) is 0.200. The zero-order chi connectivity index (χ0) is 17.7. The van der Waals surface area contributed by atoms with Crippen LogP contribution < -0.4 is 0 Å². The molecule has 4 aromatic rings. The summed E-state index contributed by atoms with van der Waals surface area (Å²) < 4.78 is 3.74. The van der Waals surface area contributed by atoms with Crippen LogP contribution in [-0.2, 0) is 13.5 Å². The Kier molecular flexibility index (Phi) is 3.25. The minimum absolute atomic E-state index is 0.0255. The first-order valence-electron chi connectivity index (χ1n) is 8.68. The Balaban J connectivity index is 1.48. The lowest BCUT2D eigenvalue weighted by Crippen LogP contribution is -2.12. The van der Waals surface area contributed by atoms with E-state index in [1.54, 1.807) is 6.33 Å². The highest BCUT2D eigenvalue weighted by Gasteiger charge is 2.20. The van der Waals surface area contributed by atoms with Gasteiger partial charge < -0.3 is 4.57 Å². The van der Waals surface area contributed by atoms with E-state index in [4.69, 9.17) is 0 Å². The summed E-state index contributed by atoms with van der Waals surface area (Å²) >= 11 is 0. The molecule has 0 saturated heterocycles. The average Bonchev–Trinajstić information content (AvgIpc) is 3.38. The summed E-state index contributed by atoms with van der Waals surface area (Å²) in [7, 11) is 1.93. The Bertz CT molecular complexity index is 1110. The average molecular weight is 342 g/mol. The minimum Gasteiger partial charge on any atom is -0.319 e. The summed E-state index contributed by atoms with van der Waals surface area (Å²) in [4.78, 5) is 0. The Labute approximate surface area is 151 Å². The monoisotopic (exact) mass is 342 g/mol. The molecular weight excluding hydrogens is 324 g/mol. The van der Waals surface area contributed by atoms with Crippen molar-refractivity contribution in [3.63, 3.8) is 0 Å². The largest absolute Gasteiger partial charge is 0.319 e. The molecule has 0 spiro atoms. The third-order valence-electron chi connectivity index (χ3n) is 5.12. The molecule has 2 heterocycles. The van der Waals surface area contributed by atoms with Crippen LogP contribution in [0, 0.1) is 0 Å². The van der Waals surface area contributed by atoms with Crippen LogP contribution in [0.15, 0.2) is 55.0 Å². The van der Waals surface area contributed by atoms with Crippen LogP contribution in [0.25, 0.3) is 22.4 Å². The summed E-state index contributed by atoms with van der Waals surface area (Å²) in [5.41, 5.74) is 7.36. The molecule has 5 rings (SSSR count). The van der Waals surface area contributed by atoms with Gasteiger partial charge in [0.2, 0.25) is 0 Å². The van der Waals surface area contributed by atoms with E-state index in [2.05, 4.69) is 63.0 Å². The van der Waals surface area contributed by atoms with Crippen molar-refractivity contribution >= 4 is 0 Å². The predicted molar refractivity (Wildman–Crippen MR) is 98.5 cm³/mol. The zero-order valence-corrected chi connectivity index (χ0v) is 14.7. The van der Waals surface area contributed by atoms with Crippen molar-refractivity contribution in [2.45, 2.75) is 19.4 Å². The lowest BCUT2D eigenvalue weighted by Gasteiger charge is -2.09. The van der Waals surface area contributed by atoms with Gasteiger partial charge in [0.1, 0.15) is 18.1 Å². The van der Waals surface area contributed by atoms with Crippen molar-refractivity contribution in [2.75, 3.05) is 0 Å². The van der Waals surface area contributed by atoms with E-state index in [9.17, 15) is 0 Å². The van der Waals surface area contributed by atoms with E-state index >= 15 is 0 Å². The van der Waals surface area contributed by atoms with Gasteiger partial charge in [-0.05, 0) is 41.7 Å². The molecule has 128 valence electrons. The SMILES string of the molecule is CC(c1nncn1C)n1cc(-c2ccc3c(c2)Cc2ccccc2-3)nn1. The maximum Gasteiger partial charge on any atom is 0.157 e. The molecule has 2 aromatic carbocycles. The lowest BCUT2D eigenvalue weighted by atomic mass is 10.0. The Morgan fingerprint density at radius 3 is 2.69 bits per heavy atom. The molecule has 0 radical (unpaired) electrons. The van der Waals surface area contributed by atoms with Crippen molar-refractivity contribution in [2.24, 2.45) is 7.05 Å². The molecule has 0 aliphatic heterocycles. The van der Waals surface area contributed by atoms with Crippen LogP contribution in [0.1, 0.15) is 29.9 Å². The summed E-state index contributed by atoms with van der Waals surface area (Å²) in [6.45, 7) is 2.04. The van der Waals surface area contributed by atoms with Gasteiger partial charge in [-0.1, -0.05) is 41.6 Å². The van der Waals surface area contributed by atoms with Gasteiger partial charge in [0, 0.05) is 12.6 Å². The standard InChI is InChI=1S/C20H18N6/c1-13(20-23-21-12-25(20)2)26-11-19(22-24-26)15-7-8-18-16(10-15)9-14-5-3-4-6-17(14)18/h3-8,10-13H,9H2,1-2H3. The second-order valence-corrected chi connectivity index (χ2v) is 6.77. The Morgan fingerprint density at radius 1 is 1.00 bits per heavy atom. The highest BCUT2D eigenvalue weighted by Crippen LogP contribution is 2.38. The van der Waals surface area contributed by atoms with Crippen molar-refractivity contribution in [1.82, 2.24) is 29.8 Å². The Morgan fingerprint density at radius 2 is 1.85 bits per heavy atom. The molecule has 0 saturated carbocycles. The molecule has 6 nitrogen and oxygen atoms in total. The van der Waals surface area contributed by atoms with E-state index in [1.807, 2.05) is 29.4 Å². The second kappa shape index (κ2) is 5.62. The topological polar surface area (TPSA) is 61.4 Å². The summed E-state index contributed by atoms with van der Waals surface area (Å²) in [6, 6.07) is 15.1. The highest BCUT2D eigenvalue weighted by molar-refractivity contribution is 5.79. The molecule has 0 bridgehead atoms. The molecule has 0 N–H and O–H groups in total. The van der Waals surface area contributed by atoms with Gasteiger partial charge in [-0.3, -0.25) is 0 Å². The van der Waals surface area contributed by atoms with Gasteiger partial charge in [-0.2, -0.15) is 0 Å². The first-order valence-corrected chi connectivity index (χ1v) is 8.68. The van der Waals surface area contributed by atoms with E-state index < -0.39 is 0 Å². The van der Waals surface area contributed by atoms with Gasteiger partial charge in [0.25, 0.3) is 0 Å². The first-order chi connectivity index (χ1) is 12.7. The van der Waals surface area contributed by atoms with Crippen molar-refractivity contribution in [1.29, 1.82) is 0 Å².